The zero-order chi connectivity index (χ0) is 30.7. The Morgan fingerprint density at radius 2 is 1.50 bits per heavy atom. The minimum absolute atomic E-state index is 0.149. The Hall–Kier alpha value is -3.60. The van der Waals surface area contributed by atoms with Crippen molar-refractivity contribution in [3.05, 3.63) is 88.4 Å². The number of nitrogens with zero attached hydrogens (tertiary/aromatic N) is 1. The molecule has 9 nitrogen and oxygen atoms in total. The topological polar surface area (TPSA) is 114 Å². The van der Waals surface area contributed by atoms with Gasteiger partial charge >= 0.3 is 0 Å². The van der Waals surface area contributed by atoms with Crippen LogP contribution in [0.4, 0.5) is 0 Å². The third-order valence-electron chi connectivity index (χ3n) is 6.79. The second-order valence-corrected chi connectivity index (χ2v) is 11.9. The van der Waals surface area contributed by atoms with Crippen LogP contribution in [0.3, 0.4) is 0 Å². The van der Waals surface area contributed by atoms with Gasteiger partial charge in [0.2, 0.25) is 21.8 Å². The predicted molar refractivity (Wildman–Crippen MR) is 163 cm³/mol. The molecule has 11 heteroatoms. The van der Waals surface area contributed by atoms with Crippen LogP contribution in [-0.4, -0.2) is 58.5 Å². The van der Waals surface area contributed by atoms with E-state index in [1.807, 2.05) is 30.3 Å². The molecular weight excluding hydrogens is 578 g/mol. The molecule has 3 rings (SSSR count). The van der Waals surface area contributed by atoms with E-state index < -0.39 is 16.1 Å². The summed E-state index contributed by atoms with van der Waals surface area (Å²) in [6.07, 6.45) is 1.12. The van der Waals surface area contributed by atoms with Gasteiger partial charge in [-0.3, -0.25) is 9.59 Å². The highest BCUT2D eigenvalue weighted by atomic mass is 35.5. The van der Waals surface area contributed by atoms with Crippen LogP contribution in [0, 0.1) is 0 Å². The summed E-state index contributed by atoms with van der Waals surface area (Å²) in [6.45, 7) is 4.33. The van der Waals surface area contributed by atoms with Crippen molar-refractivity contribution in [2.24, 2.45) is 0 Å². The zero-order valence-corrected chi connectivity index (χ0v) is 25.9. The highest BCUT2D eigenvalue weighted by Crippen LogP contribution is 2.27. The second kappa shape index (κ2) is 15.6. The maximum absolute atomic E-state index is 13.5. The Bertz CT molecular complexity index is 1450. The van der Waals surface area contributed by atoms with E-state index in [9.17, 15) is 18.0 Å². The largest absolute Gasteiger partial charge is 0.493 e. The molecule has 2 amide bonds. The molecule has 0 spiro atoms. The fourth-order valence-corrected chi connectivity index (χ4v) is 5.55. The highest BCUT2D eigenvalue weighted by molar-refractivity contribution is 7.89. The molecule has 0 aliphatic carbocycles. The molecule has 0 aliphatic heterocycles. The lowest BCUT2D eigenvalue weighted by Crippen LogP contribution is -2.48. The molecular formula is C31H38ClN3O6S. The van der Waals surface area contributed by atoms with E-state index in [0.717, 1.165) is 16.7 Å². The number of hydrogen-bond acceptors (Lipinski definition) is 6. The van der Waals surface area contributed by atoms with E-state index in [2.05, 4.69) is 10.0 Å². The van der Waals surface area contributed by atoms with Gasteiger partial charge in [-0.2, -0.15) is 0 Å². The maximum Gasteiger partial charge on any atom is 0.242 e. The van der Waals surface area contributed by atoms with Gasteiger partial charge in [0, 0.05) is 31.1 Å². The molecule has 0 heterocycles. The molecule has 3 aromatic carbocycles. The normalized spacial score (nSPS) is 11.9. The van der Waals surface area contributed by atoms with Crippen molar-refractivity contribution in [2.75, 3.05) is 27.3 Å². The Morgan fingerprint density at radius 3 is 2.12 bits per heavy atom. The van der Waals surface area contributed by atoms with Crippen LogP contribution in [0.2, 0.25) is 5.02 Å². The van der Waals surface area contributed by atoms with Gasteiger partial charge in [0.25, 0.3) is 0 Å². The minimum Gasteiger partial charge on any atom is -0.493 e. The number of ether oxygens (including phenoxy) is 2. The van der Waals surface area contributed by atoms with Crippen LogP contribution >= 0.6 is 11.6 Å². The van der Waals surface area contributed by atoms with Gasteiger partial charge in [0.15, 0.2) is 11.5 Å². The number of aryl methyl sites for hydroxylation is 1. The summed E-state index contributed by atoms with van der Waals surface area (Å²) in [5.41, 5.74) is 2.63. The van der Waals surface area contributed by atoms with E-state index >= 15 is 0 Å². The molecule has 1 atom stereocenters. The predicted octanol–water partition coefficient (Wildman–Crippen LogP) is 4.36. The van der Waals surface area contributed by atoms with Crippen LogP contribution < -0.4 is 19.5 Å². The van der Waals surface area contributed by atoms with Crippen LogP contribution in [0.15, 0.2) is 71.6 Å². The second-order valence-electron chi connectivity index (χ2n) is 9.70. The number of carbonyl (C=O) groups excluding carboxylic acids is 2. The van der Waals surface area contributed by atoms with Gasteiger partial charge in [-0.1, -0.05) is 48.9 Å². The van der Waals surface area contributed by atoms with Gasteiger partial charge in [0.1, 0.15) is 6.04 Å². The third-order valence-corrected chi connectivity index (χ3v) is 8.60. The summed E-state index contributed by atoms with van der Waals surface area (Å²) >= 11 is 6.04. The summed E-state index contributed by atoms with van der Waals surface area (Å²) in [7, 11) is -0.408. The van der Waals surface area contributed by atoms with Gasteiger partial charge < -0.3 is 19.7 Å². The molecule has 42 heavy (non-hydrogen) atoms. The summed E-state index contributed by atoms with van der Waals surface area (Å²) < 4.78 is 37.5. The molecule has 0 saturated heterocycles. The average molecular weight is 616 g/mol. The molecule has 0 fully saturated rings. The summed E-state index contributed by atoms with van der Waals surface area (Å²) in [6, 6.07) is 18.5. The quantitative estimate of drug-likeness (QED) is 0.263. The van der Waals surface area contributed by atoms with Crippen molar-refractivity contribution in [1.82, 2.24) is 14.9 Å². The standard InChI is InChI=1S/C31H38ClN3O6S/c1-5-34-42(38,39)27-14-8-23(9-15-27)11-17-30(36)35(21-25-6-12-26(32)13-7-25)22(2)31(37)33-19-18-24-10-16-28(40-3)29(20-24)41-4/h6-10,12-16,20,22,34H,5,11,17-19,21H2,1-4H3,(H,33,37). The van der Waals surface area contributed by atoms with Crippen molar-refractivity contribution in [2.45, 2.75) is 50.6 Å². The number of hydrogen-bond donors (Lipinski definition) is 2. The van der Waals surface area contributed by atoms with E-state index in [1.165, 1.54) is 12.1 Å². The van der Waals surface area contributed by atoms with E-state index in [-0.39, 0.29) is 29.7 Å². The number of carbonyl (C=O) groups is 2. The van der Waals surface area contributed by atoms with Gasteiger partial charge in [-0.05, 0) is 72.9 Å². The third kappa shape index (κ3) is 9.20. The first-order valence-corrected chi connectivity index (χ1v) is 15.5. The van der Waals surface area contributed by atoms with Crippen molar-refractivity contribution >= 4 is 33.4 Å². The number of amides is 2. The lowest BCUT2D eigenvalue weighted by molar-refractivity contribution is -0.140. The average Bonchev–Trinajstić information content (AvgIpc) is 2.99. The van der Waals surface area contributed by atoms with Crippen LogP contribution in [0.25, 0.3) is 0 Å². The fourth-order valence-electron chi connectivity index (χ4n) is 4.39. The number of halogens is 1. The monoisotopic (exact) mass is 615 g/mol. The van der Waals surface area contributed by atoms with Crippen molar-refractivity contribution < 1.29 is 27.5 Å². The first-order valence-electron chi connectivity index (χ1n) is 13.7. The number of nitrogens with one attached hydrogen (secondary N) is 2. The molecule has 0 aromatic heterocycles. The minimum atomic E-state index is -3.55. The first kappa shape index (κ1) is 32.9. The molecule has 3 aromatic rings. The number of sulfonamides is 1. The van der Waals surface area contributed by atoms with Gasteiger partial charge in [-0.15, -0.1) is 0 Å². The fraction of sp³-hybridized carbons (Fsp3) is 0.355. The maximum atomic E-state index is 13.5. The Labute approximate surface area is 253 Å². The lowest BCUT2D eigenvalue weighted by Gasteiger charge is -2.29. The van der Waals surface area contributed by atoms with Gasteiger partial charge in [-0.25, -0.2) is 13.1 Å². The SMILES string of the molecule is CCNS(=O)(=O)c1ccc(CCC(=O)N(Cc2ccc(Cl)cc2)C(C)C(=O)NCCc2ccc(OC)c(OC)c2)cc1. The van der Waals surface area contributed by atoms with Crippen LogP contribution in [-0.2, 0) is 39.0 Å². The number of methoxy groups -OCH3 is 2. The van der Waals surface area contributed by atoms with E-state index in [0.29, 0.717) is 42.5 Å². The molecule has 1 unspecified atom stereocenters. The van der Waals surface area contributed by atoms with Gasteiger partial charge in [0.05, 0.1) is 19.1 Å². The highest BCUT2D eigenvalue weighted by Gasteiger charge is 2.26. The van der Waals surface area contributed by atoms with Crippen LogP contribution in [0.1, 0.15) is 37.0 Å². The zero-order valence-electron chi connectivity index (χ0n) is 24.4. The lowest BCUT2D eigenvalue weighted by atomic mass is 10.1. The van der Waals surface area contributed by atoms with Crippen molar-refractivity contribution in [3.8, 4) is 11.5 Å². The molecule has 2 N–H and O–H groups in total. The summed E-state index contributed by atoms with van der Waals surface area (Å²) in [4.78, 5) is 28.4. The Morgan fingerprint density at radius 1 is 0.881 bits per heavy atom. The van der Waals surface area contributed by atoms with Crippen LogP contribution in [0.5, 0.6) is 11.5 Å². The van der Waals surface area contributed by atoms with E-state index in [1.54, 1.807) is 57.2 Å². The molecule has 226 valence electrons. The number of benzene rings is 3. The first-order chi connectivity index (χ1) is 20.1. The molecule has 0 radical (unpaired) electrons. The number of rotatable bonds is 15. The molecule has 0 aliphatic rings. The summed E-state index contributed by atoms with van der Waals surface area (Å²) in [5, 5.41) is 3.52. The summed E-state index contributed by atoms with van der Waals surface area (Å²) in [5.74, 6) is 0.778. The molecule has 0 bridgehead atoms. The molecule has 0 saturated carbocycles. The Kier molecular flexibility index (Phi) is 12.2. The van der Waals surface area contributed by atoms with Crippen molar-refractivity contribution in [1.29, 1.82) is 0 Å². The Balaban J connectivity index is 1.66. The smallest absolute Gasteiger partial charge is 0.242 e. The van der Waals surface area contributed by atoms with E-state index in [4.69, 9.17) is 21.1 Å². The van der Waals surface area contributed by atoms with Crippen molar-refractivity contribution in [3.63, 3.8) is 0 Å².